The summed E-state index contributed by atoms with van der Waals surface area (Å²) in [6, 6.07) is 5.54. The molecule has 1 atom stereocenters. The van der Waals surface area contributed by atoms with Crippen LogP contribution in [0.1, 0.15) is 44.4 Å². The van der Waals surface area contributed by atoms with E-state index in [1.54, 1.807) is 4.90 Å². The van der Waals surface area contributed by atoms with E-state index in [1.165, 1.54) is 0 Å². The maximum Gasteiger partial charge on any atom is 0.410 e. The molecule has 5 heteroatoms. The molecule has 2 N–H and O–H groups in total. The molecular formula is C15H21ClN2O2. The highest BCUT2D eigenvalue weighted by Crippen LogP contribution is 2.28. The summed E-state index contributed by atoms with van der Waals surface area (Å²) in [4.78, 5) is 13.9. The third-order valence-corrected chi connectivity index (χ3v) is 3.47. The quantitative estimate of drug-likeness (QED) is 0.797. The number of rotatable bonds is 0. The van der Waals surface area contributed by atoms with Crippen molar-refractivity contribution >= 4 is 17.7 Å². The van der Waals surface area contributed by atoms with Crippen molar-refractivity contribution in [2.75, 3.05) is 6.54 Å². The first-order valence-corrected chi connectivity index (χ1v) is 7.16. The zero-order chi connectivity index (χ0) is 14.9. The number of carbonyl (C=O) groups excluding carboxylic acids is 1. The van der Waals surface area contributed by atoms with E-state index < -0.39 is 5.60 Å². The fourth-order valence-corrected chi connectivity index (χ4v) is 2.45. The number of carbonyl (C=O) groups is 1. The van der Waals surface area contributed by atoms with E-state index in [-0.39, 0.29) is 12.1 Å². The van der Waals surface area contributed by atoms with Gasteiger partial charge in [0.15, 0.2) is 0 Å². The van der Waals surface area contributed by atoms with E-state index in [0.29, 0.717) is 24.5 Å². The molecule has 1 heterocycles. The van der Waals surface area contributed by atoms with Crippen molar-refractivity contribution < 1.29 is 9.53 Å². The van der Waals surface area contributed by atoms with Crippen molar-refractivity contribution in [2.24, 2.45) is 5.73 Å². The van der Waals surface area contributed by atoms with Gasteiger partial charge in [-0.25, -0.2) is 4.79 Å². The Balaban J connectivity index is 2.20. The van der Waals surface area contributed by atoms with Gasteiger partial charge in [-0.15, -0.1) is 0 Å². The number of amides is 1. The van der Waals surface area contributed by atoms with Crippen molar-refractivity contribution in [1.82, 2.24) is 4.90 Å². The van der Waals surface area contributed by atoms with Crippen LogP contribution in [-0.2, 0) is 11.3 Å². The summed E-state index contributed by atoms with van der Waals surface area (Å²) in [5.41, 5.74) is 7.73. The van der Waals surface area contributed by atoms with E-state index in [2.05, 4.69) is 0 Å². The average molecular weight is 297 g/mol. The lowest BCUT2D eigenvalue weighted by Gasteiger charge is -2.26. The molecule has 20 heavy (non-hydrogen) atoms. The molecule has 0 fully saturated rings. The van der Waals surface area contributed by atoms with E-state index in [1.807, 2.05) is 39.0 Å². The van der Waals surface area contributed by atoms with Crippen LogP contribution in [0.2, 0.25) is 5.02 Å². The first-order valence-electron chi connectivity index (χ1n) is 6.78. The summed E-state index contributed by atoms with van der Waals surface area (Å²) in [5, 5.41) is 0.671. The number of hydrogen-bond donors (Lipinski definition) is 1. The molecule has 0 spiro atoms. The Hall–Kier alpha value is -1.26. The van der Waals surface area contributed by atoms with Gasteiger partial charge in [-0.3, -0.25) is 0 Å². The number of fused-ring (bicyclic) bond motifs is 1. The fraction of sp³-hybridized carbons (Fsp3) is 0.533. The number of ether oxygens (including phenoxy) is 1. The molecule has 2 rings (SSSR count). The molecule has 110 valence electrons. The number of nitrogens with zero attached hydrogens (tertiary/aromatic N) is 1. The van der Waals surface area contributed by atoms with Gasteiger partial charge in [-0.2, -0.15) is 0 Å². The van der Waals surface area contributed by atoms with Gasteiger partial charge < -0.3 is 15.4 Å². The van der Waals surface area contributed by atoms with Crippen molar-refractivity contribution in [3.63, 3.8) is 0 Å². The summed E-state index contributed by atoms with van der Waals surface area (Å²) < 4.78 is 5.43. The van der Waals surface area contributed by atoms with Gasteiger partial charge in [0.25, 0.3) is 0 Å². The van der Waals surface area contributed by atoms with Crippen molar-refractivity contribution in [3.05, 3.63) is 34.3 Å². The SMILES string of the molecule is CC(C)(C)OC(=O)N1CC[C@H](N)c2cc(Cl)ccc2C1. The van der Waals surface area contributed by atoms with Gasteiger partial charge in [0.05, 0.1) is 0 Å². The number of benzene rings is 1. The standard InChI is InChI=1S/C15H21ClN2O2/c1-15(2,3)20-14(19)18-7-6-13(17)12-8-11(16)5-4-10(12)9-18/h4-5,8,13H,6-7,9,17H2,1-3H3/t13-/m0/s1. The van der Waals surface area contributed by atoms with Gasteiger partial charge in [-0.1, -0.05) is 17.7 Å². The molecule has 1 aliphatic rings. The molecule has 1 aromatic carbocycles. The van der Waals surface area contributed by atoms with E-state index in [0.717, 1.165) is 11.1 Å². The van der Waals surface area contributed by atoms with Crippen LogP contribution in [0.25, 0.3) is 0 Å². The van der Waals surface area contributed by atoms with Crippen molar-refractivity contribution in [1.29, 1.82) is 0 Å². The summed E-state index contributed by atoms with van der Waals surface area (Å²) in [6.45, 7) is 6.68. The smallest absolute Gasteiger partial charge is 0.410 e. The normalized spacial score (nSPS) is 19.2. The predicted octanol–water partition coefficient (Wildman–Crippen LogP) is 3.48. The second-order valence-corrected chi connectivity index (χ2v) is 6.58. The Bertz CT molecular complexity index is 511. The van der Waals surface area contributed by atoms with Crippen LogP contribution >= 0.6 is 11.6 Å². The number of halogens is 1. The minimum absolute atomic E-state index is 0.101. The second-order valence-electron chi connectivity index (χ2n) is 6.14. The molecule has 0 aliphatic carbocycles. The zero-order valence-electron chi connectivity index (χ0n) is 12.1. The summed E-state index contributed by atoms with van der Waals surface area (Å²) in [6.07, 6.45) is 0.402. The van der Waals surface area contributed by atoms with Gasteiger partial charge in [0.1, 0.15) is 5.60 Å². The Labute approximate surface area is 124 Å². The predicted molar refractivity (Wildman–Crippen MR) is 79.6 cm³/mol. The Morgan fingerprint density at radius 3 is 2.80 bits per heavy atom. The first kappa shape index (κ1) is 15.1. The highest BCUT2D eigenvalue weighted by atomic mass is 35.5. The minimum Gasteiger partial charge on any atom is -0.444 e. The Morgan fingerprint density at radius 1 is 1.45 bits per heavy atom. The highest BCUT2D eigenvalue weighted by Gasteiger charge is 2.26. The van der Waals surface area contributed by atoms with E-state index in [9.17, 15) is 4.79 Å². The monoisotopic (exact) mass is 296 g/mol. The molecule has 1 aromatic rings. The molecule has 0 saturated heterocycles. The van der Waals surface area contributed by atoms with E-state index >= 15 is 0 Å². The minimum atomic E-state index is -0.492. The van der Waals surface area contributed by atoms with Crippen LogP contribution < -0.4 is 5.73 Å². The van der Waals surface area contributed by atoms with E-state index in [4.69, 9.17) is 22.1 Å². The van der Waals surface area contributed by atoms with Gasteiger partial charge in [0.2, 0.25) is 0 Å². The molecule has 1 aliphatic heterocycles. The van der Waals surface area contributed by atoms with Gasteiger partial charge in [-0.05, 0) is 50.5 Å². The number of hydrogen-bond acceptors (Lipinski definition) is 3. The summed E-state index contributed by atoms with van der Waals surface area (Å²) in [5.74, 6) is 0. The Morgan fingerprint density at radius 2 is 2.15 bits per heavy atom. The molecule has 4 nitrogen and oxygen atoms in total. The molecule has 0 radical (unpaired) electrons. The van der Waals surface area contributed by atoms with Crippen LogP contribution in [0.4, 0.5) is 4.79 Å². The topological polar surface area (TPSA) is 55.6 Å². The average Bonchev–Trinajstić information content (AvgIpc) is 2.48. The fourth-order valence-electron chi connectivity index (χ4n) is 2.27. The molecule has 0 unspecified atom stereocenters. The lowest BCUT2D eigenvalue weighted by Crippen LogP contribution is -2.36. The van der Waals surface area contributed by atoms with Crippen LogP contribution in [0.3, 0.4) is 0 Å². The third-order valence-electron chi connectivity index (χ3n) is 3.23. The second kappa shape index (κ2) is 5.62. The maximum absolute atomic E-state index is 12.2. The van der Waals surface area contributed by atoms with Crippen LogP contribution in [-0.4, -0.2) is 23.1 Å². The van der Waals surface area contributed by atoms with Crippen LogP contribution in [0.5, 0.6) is 0 Å². The molecule has 0 aromatic heterocycles. The lowest BCUT2D eigenvalue weighted by atomic mass is 10.0. The van der Waals surface area contributed by atoms with Crippen molar-refractivity contribution in [3.8, 4) is 0 Å². The molecule has 0 saturated carbocycles. The Kier molecular flexibility index (Phi) is 4.25. The summed E-state index contributed by atoms with van der Waals surface area (Å²) >= 11 is 6.02. The molecular weight excluding hydrogens is 276 g/mol. The van der Waals surface area contributed by atoms with Crippen LogP contribution in [0, 0.1) is 0 Å². The van der Waals surface area contributed by atoms with Gasteiger partial charge in [0, 0.05) is 24.2 Å². The third kappa shape index (κ3) is 3.64. The maximum atomic E-state index is 12.2. The highest BCUT2D eigenvalue weighted by molar-refractivity contribution is 6.30. The van der Waals surface area contributed by atoms with Crippen molar-refractivity contribution in [2.45, 2.75) is 45.4 Å². The van der Waals surface area contributed by atoms with Crippen LogP contribution in [0.15, 0.2) is 18.2 Å². The largest absolute Gasteiger partial charge is 0.444 e. The summed E-state index contributed by atoms with van der Waals surface area (Å²) in [7, 11) is 0. The van der Waals surface area contributed by atoms with Gasteiger partial charge >= 0.3 is 6.09 Å². The lowest BCUT2D eigenvalue weighted by molar-refractivity contribution is 0.0235. The molecule has 0 bridgehead atoms. The number of nitrogens with two attached hydrogens (primary N) is 1. The zero-order valence-corrected chi connectivity index (χ0v) is 12.9. The molecule has 1 amide bonds. The first-order chi connectivity index (χ1) is 9.26.